The molecule has 0 bridgehead atoms. The van der Waals surface area contributed by atoms with Crippen LogP contribution in [0.25, 0.3) is 0 Å². The summed E-state index contributed by atoms with van der Waals surface area (Å²) in [6.07, 6.45) is 6.49. The van der Waals surface area contributed by atoms with Crippen LogP contribution in [0.4, 0.5) is 0 Å². The Morgan fingerprint density at radius 3 is 2.33 bits per heavy atom. The first-order chi connectivity index (χ1) is 7.20. The van der Waals surface area contributed by atoms with E-state index in [1.165, 1.54) is 6.42 Å². The summed E-state index contributed by atoms with van der Waals surface area (Å²) in [7, 11) is 0. The van der Waals surface area contributed by atoms with E-state index in [1.54, 1.807) is 0 Å². The summed E-state index contributed by atoms with van der Waals surface area (Å²) < 4.78 is 0. The molecule has 0 saturated heterocycles. The minimum Gasteiger partial charge on any atom is -0.395 e. The van der Waals surface area contributed by atoms with Crippen LogP contribution in [0.2, 0.25) is 0 Å². The second-order valence-corrected chi connectivity index (χ2v) is 4.78. The van der Waals surface area contributed by atoms with Gasteiger partial charge in [-0.2, -0.15) is 0 Å². The molecule has 0 aromatic rings. The van der Waals surface area contributed by atoms with Gasteiger partial charge in [-0.3, -0.25) is 4.90 Å². The van der Waals surface area contributed by atoms with Crippen LogP contribution < -0.4 is 0 Å². The van der Waals surface area contributed by atoms with E-state index in [4.69, 9.17) is 5.11 Å². The fourth-order valence-electron chi connectivity index (χ4n) is 2.51. The molecule has 0 radical (unpaired) electrons. The molecule has 0 heterocycles. The van der Waals surface area contributed by atoms with Crippen LogP contribution in [0.15, 0.2) is 0 Å². The first-order valence-corrected chi connectivity index (χ1v) is 6.26. The van der Waals surface area contributed by atoms with Crippen molar-refractivity contribution >= 4 is 0 Å². The van der Waals surface area contributed by atoms with Gasteiger partial charge in [0.15, 0.2) is 0 Å². The largest absolute Gasteiger partial charge is 0.395 e. The van der Waals surface area contributed by atoms with Crippen molar-refractivity contribution in [2.75, 3.05) is 26.2 Å². The molecule has 1 fully saturated rings. The molecule has 1 saturated carbocycles. The molecular formula is C12H25NO2. The maximum atomic E-state index is 10.4. The second kappa shape index (κ2) is 6.46. The van der Waals surface area contributed by atoms with Crippen LogP contribution in [0.1, 0.15) is 45.4 Å². The lowest BCUT2D eigenvalue weighted by Crippen LogP contribution is -2.45. The number of nitrogens with zero attached hydrogens (tertiary/aromatic N) is 1. The topological polar surface area (TPSA) is 43.7 Å². The first-order valence-electron chi connectivity index (χ1n) is 6.26. The van der Waals surface area contributed by atoms with E-state index in [-0.39, 0.29) is 6.61 Å². The van der Waals surface area contributed by atoms with Gasteiger partial charge >= 0.3 is 0 Å². The van der Waals surface area contributed by atoms with Crippen LogP contribution in [-0.4, -0.2) is 47.0 Å². The molecule has 0 aliphatic heterocycles. The van der Waals surface area contributed by atoms with Gasteiger partial charge in [-0.25, -0.2) is 0 Å². The Labute approximate surface area is 93.1 Å². The van der Waals surface area contributed by atoms with Gasteiger partial charge in [-0.05, 0) is 25.8 Å². The minimum absolute atomic E-state index is 0.191. The Kier molecular flexibility index (Phi) is 5.58. The minimum atomic E-state index is -0.484. The van der Waals surface area contributed by atoms with Crippen molar-refractivity contribution in [3.05, 3.63) is 0 Å². The Hall–Kier alpha value is -0.120. The molecule has 2 N–H and O–H groups in total. The third kappa shape index (κ3) is 4.49. The molecule has 90 valence electrons. The lowest BCUT2D eigenvalue weighted by atomic mass is 9.84. The molecular weight excluding hydrogens is 190 g/mol. The summed E-state index contributed by atoms with van der Waals surface area (Å²) in [5, 5.41) is 19.3. The first kappa shape index (κ1) is 12.9. The van der Waals surface area contributed by atoms with Gasteiger partial charge in [0, 0.05) is 13.1 Å². The molecule has 0 aromatic carbocycles. The molecule has 3 heteroatoms. The lowest BCUT2D eigenvalue weighted by molar-refractivity contribution is -0.0286. The Morgan fingerprint density at radius 1 is 1.13 bits per heavy atom. The van der Waals surface area contributed by atoms with Crippen molar-refractivity contribution in [1.82, 2.24) is 4.90 Å². The van der Waals surface area contributed by atoms with E-state index in [0.717, 1.165) is 45.2 Å². The Bertz CT molecular complexity index is 161. The van der Waals surface area contributed by atoms with Crippen molar-refractivity contribution < 1.29 is 10.2 Å². The van der Waals surface area contributed by atoms with E-state index < -0.39 is 5.60 Å². The molecule has 0 amide bonds. The maximum absolute atomic E-state index is 10.4. The highest BCUT2D eigenvalue weighted by Gasteiger charge is 2.30. The number of aliphatic hydroxyl groups excluding tert-OH is 1. The molecule has 1 aliphatic carbocycles. The third-order valence-corrected chi connectivity index (χ3v) is 3.26. The van der Waals surface area contributed by atoms with Gasteiger partial charge in [0.1, 0.15) is 0 Å². The zero-order chi connectivity index (χ0) is 11.1. The molecule has 1 aliphatic rings. The van der Waals surface area contributed by atoms with E-state index in [9.17, 15) is 5.11 Å². The molecule has 3 nitrogen and oxygen atoms in total. The lowest BCUT2D eigenvalue weighted by Gasteiger charge is -2.36. The predicted molar refractivity (Wildman–Crippen MR) is 61.9 cm³/mol. The van der Waals surface area contributed by atoms with Gasteiger partial charge in [0.25, 0.3) is 0 Å². The quantitative estimate of drug-likeness (QED) is 0.703. The van der Waals surface area contributed by atoms with Crippen molar-refractivity contribution in [3.63, 3.8) is 0 Å². The average molecular weight is 215 g/mol. The number of aliphatic hydroxyl groups is 2. The summed E-state index contributed by atoms with van der Waals surface area (Å²) in [4.78, 5) is 2.19. The van der Waals surface area contributed by atoms with E-state index in [2.05, 4.69) is 11.8 Å². The Morgan fingerprint density at radius 2 is 1.80 bits per heavy atom. The van der Waals surface area contributed by atoms with E-state index >= 15 is 0 Å². The standard InChI is InChI=1S/C12H25NO2/c1-2-8-13(9-10-14)11-12(15)6-4-3-5-7-12/h14-15H,2-11H2,1H3. The fourth-order valence-corrected chi connectivity index (χ4v) is 2.51. The van der Waals surface area contributed by atoms with Crippen LogP contribution in [0, 0.1) is 0 Å². The van der Waals surface area contributed by atoms with Crippen LogP contribution >= 0.6 is 0 Å². The highest BCUT2D eigenvalue weighted by Crippen LogP contribution is 2.28. The van der Waals surface area contributed by atoms with Crippen molar-refractivity contribution in [3.8, 4) is 0 Å². The zero-order valence-electron chi connectivity index (χ0n) is 9.91. The van der Waals surface area contributed by atoms with Crippen molar-refractivity contribution in [1.29, 1.82) is 0 Å². The van der Waals surface area contributed by atoms with Crippen LogP contribution in [0.3, 0.4) is 0 Å². The van der Waals surface area contributed by atoms with Crippen LogP contribution in [0.5, 0.6) is 0 Å². The number of rotatable bonds is 6. The summed E-state index contributed by atoms with van der Waals surface area (Å²) in [6.45, 7) is 4.73. The van der Waals surface area contributed by atoms with Gasteiger partial charge < -0.3 is 10.2 Å². The molecule has 15 heavy (non-hydrogen) atoms. The molecule has 0 atom stereocenters. The number of hydrogen-bond acceptors (Lipinski definition) is 3. The Balaban J connectivity index is 2.39. The van der Waals surface area contributed by atoms with Crippen molar-refractivity contribution in [2.24, 2.45) is 0 Å². The summed E-state index contributed by atoms with van der Waals surface area (Å²) >= 11 is 0. The summed E-state index contributed by atoms with van der Waals surface area (Å²) in [6, 6.07) is 0. The van der Waals surface area contributed by atoms with Gasteiger partial charge in [-0.1, -0.05) is 26.2 Å². The van der Waals surface area contributed by atoms with Gasteiger partial charge in [-0.15, -0.1) is 0 Å². The maximum Gasteiger partial charge on any atom is 0.0774 e. The second-order valence-electron chi connectivity index (χ2n) is 4.78. The molecule has 0 unspecified atom stereocenters. The summed E-state index contributed by atoms with van der Waals surface area (Å²) in [5.41, 5.74) is -0.484. The van der Waals surface area contributed by atoms with Crippen molar-refractivity contribution in [2.45, 2.75) is 51.0 Å². The highest BCUT2D eigenvalue weighted by atomic mass is 16.3. The fraction of sp³-hybridized carbons (Fsp3) is 1.00. The molecule has 0 spiro atoms. The predicted octanol–water partition coefficient (Wildman–Crippen LogP) is 1.39. The number of hydrogen-bond donors (Lipinski definition) is 2. The summed E-state index contributed by atoms with van der Waals surface area (Å²) in [5.74, 6) is 0. The normalized spacial score (nSPS) is 20.8. The monoisotopic (exact) mass is 215 g/mol. The van der Waals surface area contributed by atoms with E-state index in [1.807, 2.05) is 0 Å². The zero-order valence-corrected chi connectivity index (χ0v) is 9.91. The highest BCUT2D eigenvalue weighted by molar-refractivity contribution is 4.85. The third-order valence-electron chi connectivity index (χ3n) is 3.26. The van der Waals surface area contributed by atoms with Gasteiger partial charge in [0.05, 0.1) is 12.2 Å². The molecule has 1 rings (SSSR count). The SMILES string of the molecule is CCCN(CCO)CC1(O)CCCCC1. The van der Waals surface area contributed by atoms with Crippen LogP contribution in [-0.2, 0) is 0 Å². The van der Waals surface area contributed by atoms with E-state index in [0.29, 0.717) is 6.54 Å². The average Bonchev–Trinajstić information content (AvgIpc) is 2.19. The molecule has 0 aromatic heterocycles. The van der Waals surface area contributed by atoms with Gasteiger partial charge in [0.2, 0.25) is 0 Å². The smallest absolute Gasteiger partial charge is 0.0774 e.